The molecule has 0 saturated carbocycles. The number of aryl methyl sites for hydroxylation is 1. The molecule has 2 rings (SSSR count). The van der Waals surface area contributed by atoms with Crippen LogP contribution in [0.2, 0.25) is 0 Å². The Hall–Kier alpha value is -0.680. The maximum Gasteiger partial charge on any atom is 0.152 e. The fourth-order valence-electron chi connectivity index (χ4n) is 2.20. The van der Waals surface area contributed by atoms with Gasteiger partial charge in [0.2, 0.25) is 0 Å². The Bertz CT molecular complexity index is 471. The van der Waals surface area contributed by atoms with Gasteiger partial charge in [0, 0.05) is 34.6 Å². The fourth-order valence-corrected chi connectivity index (χ4v) is 4.85. The summed E-state index contributed by atoms with van der Waals surface area (Å²) in [6, 6.07) is 0. The Morgan fingerprint density at radius 2 is 2.26 bits per heavy atom. The Labute approximate surface area is 122 Å². The predicted molar refractivity (Wildman–Crippen MR) is 82.5 cm³/mol. The second-order valence-electron chi connectivity index (χ2n) is 4.62. The highest BCUT2D eigenvalue weighted by molar-refractivity contribution is 8.07. The summed E-state index contributed by atoms with van der Waals surface area (Å²) in [6.45, 7) is 3.95. The minimum atomic E-state index is 0.132. The van der Waals surface area contributed by atoms with Gasteiger partial charge in [-0.2, -0.15) is 11.8 Å². The number of methoxy groups -OCH3 is 1. The number of carbonyl (C=O) groups excluding carboxylic acids is 1. The van der Waals surface area contributed by atoms with Gasteiger partial charge < -0.3 is 4.74 Å². The minimum Gasteiger partial charge on any atom is -0.496 e. The molecular weight excluding hydrogens is 278 g/mol. The largest absolute Gasteiger partial charge is 0.496 e. The van der Waals surface area contributed by atoms with E-state index in [2.05, 4.69) is 4.98 Å². The third kappa shape index (κ3) is 3.45. The Balaban J connectivity index is 2.12. The zero-order chi connectivity index (χ0) is 13.8. The molecule has 1 unspecified atom stereocenters. The van der Waals surface area contributed by atoms with Gasteiger partial charge in [0.25, 0.3) is 0 Å². The number of thioether (sulfide) groups is 2. The maximum absolute atomic E-state index is 12.3. The molecule has 0 spiro atoms. The molecule has 2 heterocycles. The van der Waals surface area contributed by atoms with Gasteiger partial charge in [-0.15, -0.1) is 11.8 Å². The summed E-state index contributed by atoms with van der Waals surface area (Å²) in [5, 5.41) is 0.132. The lowest BCUT2D eigenvalue weighted by molar-refractivity contribution is -0.117. The first-order valence-corrected chi connectivity index (χ1v) is 8.55. The van der Waals surface area contributed by atoms with Crippen LogP contribution in [0.1, 0.15) is 16.8 Å². The molecule has 0 bridgehead atoms. The molecular formula is C14H19NO2S2. The van der Waals surface area contributed by atoms with Crippen LogP contribution in [0.25, 0.3) is 0 Å². The lowest BCUT2D eigenvalue weighted by atomic mass is 10.1. The fraction of sp³-hybridized carbons (Fsp3) is 0.571. The van der Waals surface area contributed by atoms with Gasteiger partial charge in [-0.3, -0.25) is 9.78 Å². The van der Waals surface area contributed by atoms with Crippen LogP contribution < -0.4 is 4.74 Å². The second-order valence-corrected chi connectivity index (χ2v) is 7.08. The Morgan fingerprint density at radius 3 is 2.89 bits per heavy atom. The van der Waals surface area contributed by atoms with E-state index in [4.69, 9.17) is 4.74 Å². The lowest BCUT2D eigenvalue weighted by Crippen LogP contribution is -2.26. The second kappa shape index (κ2) is 6.66. The van der Waals surface area contributed by atoms with Gasteiger partial charge in [0.15, 0.2) is 5.78 Å². The van der Waals surface area contributed by atoms with Crippen LogP contribution >= 0.6 is 23.5 Å². The number of hydrogen-bond acceptors (Lipinski definition) is 5. The normalized spacial score (nSPS) is 19.2. The molecule has 1 aliphatic heterocycles. The first-order valence-electron chi connectivity index (χ1n) is 6.34. The summed E-state index contributed by atoms with van der Waals surface area (Å²) in [5.74, 6) is 4.31. The summed E-state index contributed by atoms with van der Waals surface area (Å²) in [6.07, 6.45) is 2.21. The van der Waals surface area contributed by atoms with E-state index in [9.17, 15) is 4.79 Å². The van der Waals surface area contributed by atoms with Crippen molar-refractivity contribution in [2.24, 2.45) is 0 Å². The van der Waals surface area contributed by atoms with Crippen LogP contribution in [0.15, 0.2) is 6.20 Å². The van der Waals surface area contributed by atoms with Gasteiger partial charge in [0.1, 0.15) is 5.75 Å². The van der Waals surface area contributed by atoms with E-state index in [0.29, 0.717) is 12.2 Å². The van der Waals surface area contributed by atoms with Crippen LogP contribution in [0.5, 0.6) is 5.75 Å². The topological polar surface area (TPSA) is 39.2 Å². The van der Waals surface area contributed by atoms with Crippen molar-refractivity contribution < 1.29 is 9.53 Å². The molecule has 5 heteroatoms. The molecule has 1 fully saturated rings. The van der Waals surface area contributed by atoms with Crippen molar-refractivity contribution in [1.29, 1.82) is 0 Å². The van der Waals surface area contributed by atoms with Crippen LogP contribution in [0.3, 0.4) is 0 Å². The molecule has 0 aliphatic carbocycles. The Kier molecular flexibility index (Phi) is 5.16. The third-order valence-corrected chi connectivity index (χ3v) is 6.07. The van der Waals surface area contributed by atoms with Crippen LogP contribution in [-0.4, -0.2) is 40.4 Å². The first kappa shape index (κ1) is 14.7. The molecule has 3 nitrogen and oxygen atoms in total. The first-order chi connectivity index (χ1) is 9.13. The molecule has 1 aromatic rings. The molecule has 104 valence electrons. The number of aromatic nitrogens is 1. The predicted octanol–water partition coefficient (Wildman–Crippen LogP) is 2.67. The third-order valence-electron chi connectivity index (χ3n) is 3.27. The standard InChI is InChI=1S/C14H19NO2S2/c1-9-7-15-11(10(2)14(9)17-3)6-12(16)13-8-18-4-5-19-13/h7,13H,4-6,8H2,1-3H3. The molecule has 0 amide bonds. The van der Waals surface area contributed by atoms with Crippen molar-refractivity contribution in [2.75, 3.05) is 24.4 Å². The van der Waals surface area contributed by atoms with E-state index in [1.165, 1.54) is 0 Å². The van der Waals surface area contributed by atoms with Crippen molar-refractivity contribution in [2.45, 2.75) is 25.5 Å². The zero-order valence-corrected chi connectivity index (χ0v) is 13.2. The number of nitrogens with zero attached hydrogens (tertiary/aromatic N) is 1. The minimum absolute atomic E-state index is 0.132. The smallest absolute Gasteiger partial charge is 0.152 e. The number of ketones is 1. The van der Waals surface area contributed by atoms with Gasteiger partial charge >= 0.3 is 0 Å². The van der Waals surface area contributed by atoms with Gasteiger partial charge in [-0.25, -0.2) is 0 Å². The number of rotatable bonds is 4. The van der Waals surface area contributed by atoms with Gasteiger partial charge in [0.05, 0.1) is 24.5 Å². The van der Waals surface area contributed by atoms with Crippen molar-refractivity contribution in [3.63, 3.8) is 0 Å². The van der Waals surface area contributed by atoms with Crippen LogP contribution in [-0.2, 0) is 11.2 Å². The van der Waals surface area contributed by atoms with Crippen molar-refractivity contribution in [3.05, 3.63) is 23.0 Å². The summed E-state index contributed by atoms with van der Waals surface area (Å²) >= 11 is 3.65. The average molecular weight is 297 g/mol. The number of ether oxygens (including phenoxy) is 1. The number of carbonyl (C=O) groups is 1. The molecule has 19 heavy (non-hydrogen) atoms. The highest BCUT2D eigenvalue weighted by Crippen LogP contribution is 2.28. The lowest BCUT2D eigenvalue weighted by Gasteiger charge is -2.20. The summed E-state index contributed by atoms with van der Waals surface area (Å²) < 4.78 is 5.38. The van der Waals surface area contributed by atoms with E-state index in [-0.39, 0.29) is 5.25 Å². The Morgan fingerprint density at radius 1 is 1.47 bits per heavy atom. The molecule has 1 aromatic heterocycles. The molecule has 0 aromatic carbocycles. The van der Waals surface area contributed by atoms with Crippen LogP contribution in [0.4, 0.5) is 0 Å². The van der Waals surface area contributed by atoms with Gasteiger partial charge in [-0.05, 0) is 13.8 Å². The monoisotopic (exact) mass is 297 g/mol. The van der Waals surface area contributed by atoms with Crippen LogP contribution in [0, 0.1) is 13.8 Å². The van der Waals surface area contributed by atoms with Crippen molar-refractivity contribution in [1.82, 2.24) is 4.98 Å². The number of pyridine rings is 1. The molecule has 1 saturated heterocycles. The summed E-state index contributed by atoms with van der Waals surface area (Å²) in [7, 11) is 1.66. The SMILES string of the molecule is COc1c(C)cnc(CC(=O)C2CSCCS2)c1C. The summed E-state index contributed by atoms with van der Waals surface area (Å²) in [4.78, 5) is 16.7. The number of hydrogen-bond donors (Lipinski definition) is 0. The molecule has 1 aliphatic rings. The van der Waals surface area contributed by atoms with E-state index >= 15 is 0 Å². The zero-order valence-electron chi connectivity index (χ0n) is 11.6. The van der Waals surface area contributed by atoms with E-state index in [0.717, 1.165) is 39.8 Å². The maximum atomic E-state index is 12.3. The molecule has 1 atom stereocenters. The number of Topliss-reactive ketones (excluding diaryl/α,β-unsaturated/α-hetero) is 1. The van der Waals surface area contributed by atoms with Crippen molar-refractivity contribution >= 4 is 29.3 Å². The highest BCUT2D eigenvalue weighted by atomic mass is 32.2. The molecule has 0 radical (unpaired) electrons. The van der Waals surface area contributed by atoms with Gasteiger partial charge in [-0.1, -0.05) is 0 Å². The summed E-state index contributed by atoms with van der Waals surface area (Å²) in [5.41, 5.74) is 2.85. The van der Waals surface area contributed by atoms with E-state index < -0.39 is 0 Å². The van der Waals surface area contributed by atoms with Crippen molar-refractivity contribution in [3.8, 4) is 5.75 Å². The average Bonchev–Trinajstić information content (AvgIpc) is 2.43. The van der Waals surface area contributed by atoms with E-state index in [1.54, 1.807) is 25.1 Å². The quantitative estimate of drug-likeness (QED) is 0.854. The molecule has 0 N–H and O–H groups in total. The van der Waals surface area contributed by atoms with E-state index in [1.807, 2.05) is 25.6 Å². The highest BCUT2D eigenvalue weighted by Gasteiger charge is 2.23.